The molecule has 3 heteroatoms. The van der Waals surface area contributed by atoms with Crippen LogP contribution < -0.4 is 0 Å². The lowest BCUT2D eigenvalue weighted by Crippen LogP contribution is -1.99. The van der Waals surface area contributed by atoms with E-state index in [9.17, 15) is 0 Å². The number of hydrogen-bond donors (Lipinski definition) is 0. The Bertz CT molecular complexity index is 624. The quantitative estimate of drug-likeness (QED) is 0.713. The van der Waals surface area contributed by atoms with Gasteiger partial charge in [0.15, 0.2) is 0 Å². The summed E-state index contributed by atoms with van der Waals surface area (Å²) in [5.74, 6) is 0. The summed E-state index contributed by atoms with van der Waals surface area (Å²) in [6.45, 7) is 9.38. The zero-order valence-corrected chi connectivity index (χ0v) is 12.6. The zero-order valence-electron chi connectivity index (χ0n) is 11.9. The van der Waals surface area contributed by atoms with Gasteiger partial charge < -0.3 is 4.57 Å². The molecule has 2 aromatic rings. The number of aryl methyl sites for hydroxylation is 1. The first-order valence-electron chi connectivity index (χ1n) is 6.50. The molecule has 19 heavy (non-hydrogen) atoms. The average molecular weight is 275 g/mol. The molecule has 2 rings (SSSR count). The van der Waals surface area contributed by atoms with E-state index < -0.39 is 0 Å². The third-order valence-corrected chi connectivity index (χ3v) is 3.92. The van der Waals surface area contributed by atoms with Gasteiger partial charge >= 0.3 is 0 Å². The molecule has 1 aromatic heterocycles. The molecule has 0 atom stereocenters. The second-order valence-corrected chi connectivity index (χ2v) is 5.12. The van der Waals surface area contributed by atoms with E-state index in [1.54, 1.807) is 0 Å². The Morgan fingerprint density at radius 2 is 2.00 bits per heavy atom. The third-order valence-electron chi connectivity index (χ3n) is 3.51. The van der Waals surface area contributed by atoms with E-state index in [2.05, 4.69) is 36.4 Å². The van der Waals surface area contributed by atoms with Gasteiger partial charge in [0.1, 0.15) is 0 Å². The Kier molecular flexibility index (Phi) is 4.11. The fraction of sp³-hybridized carbons (Fsp3) is 0.312. The minimum atomic E-state index is 0.758. The van der Waals surface area contributed by atoms with Crippen molar-refractivity contribution in [3.05, 3.63) is 51.8 Å². The first kappa shape index (κ1) is 13.9. The molecular weight excluding hydrogens is 256 g/mol. The molecule has 0 aliphatic heterocycles. The molecule has 0 radical (unpaired) electrons. The van der Waals surface area contributed by atoms with Gasteiger partial charge in [0.25, 0.3) is 0 Å². The van der Waals surface area contributed by atoms with Crippen LogP contribution in [0, 0.1) is 20.8 Å². The van der Waals surface area contributed by atoms with Gasteiger partial charge in [-0.15, -0.1) is 0 Å². The van der Waals surface area contributed by atoms with E-state index in [-0.39, 0.29) is 0 Å². The molecule has 0 aliphatic rings. The Balaban J connectivity index is 2.36. The normalized spacial score (nSPS) is 11.4. The number of rotatable bonds is 3. The van der Waals surface area contributed by atoms with Crippen LogP contribution in [-0.4, -0.2) is 10.8 Å². The highest BCUT2D eigenvalue weighted by Crippen LogP contribution is 2.25. The highest BCUT2D eigenvalue weighted by atomic mass is 35.5. The van der Waals surface area contributed by atoms with E-state index in [1.165, 1.54) is 17.0 Å². The maximum atomic E-state index is 6.10. The molecule has 100 valence electrons. The Hall–Kier alpha value is -1.54. The summed E-state index contributed by atoms with van der Waals surface area (Å²) in [4.78, 5) is 4.56. The van der Waals surface area contributed by atoms with E-state index >= 15 is 0 Å². The van der Waals surface area contributed by atoms with Gasteiger partial charge in [0, 0.05) is 34.7 Å². The van der Waals surface area contributed by atoms with Crippen molar-refractivity contribution in [2.75, 3.05) is 0 Å². The Morgan fingerprint density at radius 3 is 2.63 bits per heavy atom. The van der Waals surface area contributed by atoms with Gasteiger partial charge in [0.2, 0.25) is 0 Å². The van der Waals surface area contributed by atoms with Gasteiger partial charge in [-0.3, -0.25) is 4.99 Å². The standard InChI is InChI=1S/C16H19ClN2/c1-5-19-11(2)9-14(13(19)4)10-18-16-8-6-7-15(17)12(16)3/h6-10H,5H2,1-4H3. The topological polar surface area (TPSA) is 17.3 Å². The third kappa shape index (κ3) is 2.74. The lowest BCUT2D eigenvalue weighted by atomic mass is 10.2. The predicted octanol–water partition coefficient (Wildman–Crippen LogP) is 4.84. The molecule has 0 bridgehead atoms. The number of aliphatic imine (C=N–C) groups is 1. The summed E-state index contributed by atoms with van der Waals surface area (Å²) in [7, 11) is 0. The van der Waals surface area contributed by atoms with Gasteiger partial charge in [-0.25, -0.2) is 0 Å². The van der Waals surface area contributed by atoms with Crippen molar-refractivity contribution in [1.82, 2.24) is 4.57 Å². The van der Waals surface area contributed by atoms with E-state index in [4.69, 9.17) is 11.6 Å². The van der Waals surface area contributed by atoms with E-state index in [0.29, 0.717) is 0 Å². The van der Waals surface area contributed by atoms with Crippen LogP contribution in [0.25, 0.3) is 0 Å². The monoisotopic (exact) mass is 274 g/mol. The lowest BCUT2D eigenvalue weighted by Gasteiger charge is -2.04. The van der Waals surface area contributed by atoms with Crippen molar-refractivity contribution in [2.24, 2.45) is 4.99 Å². The molecule has 0 unspecified atom stereocenters. The average Bonchev–Trinajstić information content (AvgIpc) is 2.66. The molecule has 0 saturated carbocycles. The van der Waals surface area contributed by atoms with Gasteiger partial charge in [-0.2, -0.15) is 0 Å². The first-order chi connectivity index (χ1) is 9.04. The molecule has 1 heterocycles. The van der Waals surface area contributed by atoms with Crippen molar-refractivity contribution >= 4 is 23.5 Å². The summed E-state index contributed by atoms with van der Waals surface area (Å²) >= 11 is 6.10. The first-order valence-corrected chi connectivity index (χ1v) is 6.88. The Labute approximate surface area is 119 Å². The van der Waals surface area contributed by atoms with Crippen molar-refractivity contribution < 1.29 is 0 Å². The number of halogens is 1. The van der Waals surface area contributed by atoms with Crippen molar-refractivity contribution in [3.8, 4) is 0 Å². The second-order valence-electron chi connectivity index (χ2n) is 4.71. The van der Waals surface area contributed by atoms with Crippen LogP contribution in [0.15, 0.2) is 29.3 Å². The zero-order chi connectivity index (χ0) is 14.0. The molecule has 0 spiro atoms. The van der Waals surface area contributed by atoms with Gasteiger partial charge in [-0.1, -0.05) is 17.7 Å². The van der Waals surface area contributed by atoms with Crippen LogP contribution >= 0.6 is 11.6 Å². The highest BCUT2D eigenvalue weighted by Gasteiger charge is 2.06. The predicted molar refractivity (Wildman–Crippen MR) is 83.0 cm³/mol. The lowest BCUT2D eigenvalue weighted by molar-refractivity contribution is 0.718. The number of nitrogens with zero attached hydrogens (tertiary/aromatic N) is 2. The molecular formula is C16H19ClN2. The largest absolute Gasteiger partial charge is 0.349 e. The van der Waals surface area contributed by atoms with E-state index in [1.807, 2.05) is 31.3 Å². The molecule has 0 N–H and O–H groups in total. The SMILES string of the molecule is CCn1c(C)cc(C=Nc2cccc(Cl)c2C)c1C. The van der Waals surface area contributed by atoms with E-state index in [0.717, 1.165) is 22.8 Å². The van der Waals surface area contributed by atoms with Crippen molar-refractivity contribution in [3.63, 3.8) is 0 Å². The Morgan fingerprint density at radius 1 is 1.26 bits per heavy atom. The second kappa shape index (κ2) is 5.62. The van der Waals surface area contributed by atoms with Gasteiger partial charge in [-0.05, 0) is 51.5 Å². The number of hydrogen-bond acceptors (Lipinski definition) is 1. The molecule has 0 fully saturated rings. The maximum Gasteiger partial charge on any atom is 0.0673 e. The molecule has 0 aliphatic carbocycles. The summed E-state index contributed by atoms with van der Waals surface area (Å²) in [5.41, 5.74) is 5.63. The van der Waals surface area contributed by atoms with Crippen molar-refractivity contribution in [1.29, 1.82) is 0 Å². The molecule has 1 aromatic carbocycles. The van der Waals surface area contributed by atoms with Crippen LogP contribution in [-0.2, 0) is 6.54 Å². The van der Waals surface area contributed by atoms with Crippen LogP contribution in [0.3, 0.4) is 0 Å². The molecule has 0 amide bonds. The smallest absolute Gasteiger partial charge is 0.0673 e. The minimum absolute atomic E-state index is 0.758. The maximum absolute atomic E-state index is 6.10. The summed E-state index contributed by atoms with van der Waals surface area (Å²) in [5, 5.41) is 0.758. The van der Waals surface area contributed by atoms with Crippen LogP contribution in [0.2, 0.25) is 5.02 Å². The summed E-state index contributed by atoms with van der Waals surface area (Å²) in [6, 6.07) is 7.97. The number of aromatic nitrogens is 1. The fourth-order valence-corrected chi connectivity index (χ4v) is 2.49. The fourth-order valence-electron chi connectivity index (χ4n) is 2.32. The minimum Gasteiger partial charge on any atom is -0.349 e. The highest BCUT2D eigenvalue weighted by molar-refractivity contribution is 6.31. The van der Waals surface area contributed by atoms with Crippen LogP contribution in [0.1, 0.15) is 29.4 Å². The van der Waals surface area contributed by atoms with Crippen molar-refractivity contribution in [2.45, 2.75) is 34.2 Å². The molecule has 0 saturated heterocycles. The van der Waals surface area contributed by atoms with Crippen LogP contribution in [0.5, 0.6) is 0 Å². The van der Waals surface area contributed by atoms with Crippen LogP contribution in [0.4, 0.5) is 5.69 Å². The number of benzene rings is 1. The summed E-state index contributed by atoms with van der Waals surface area (Å²) in [6.07, 6.45) is 1.92. The van der Waals surface area contributed by atoms with Gasteiger partial charge in [0.05, 0.1) is 5.69 Å². The summed E-state index contributed by atoms with van der Waals surface area (Å²) < 4.78 is 2.28. The molecule has 2 nitrogen and oxygen atoms in total.